The molecule has 1 heterocycles. The van der Waals surface area contributed by atoms with Gasteiger partial charge < -0.3 is 20.5 Å². The van der Waals surface area contributed by atoms with E-state index in [-0.39, 0.29) is 18.3 Å². The molecule has 1 amide bonds. The molecule has 6 heteroatoms. The van der Waals surface area contributed by atoms with Gasteiger partial charge in [-0.25, -0.2) is 0 Å². The van der Waals surface area contributed by atoms with Gasteiger partial charge in [0.15, 0.2) is 0 Å². The van der Waals surface area contributed by atoms with Crippen LogP contribution in [-0.4, -0.2) is 31.8 Å². The predicted molar refractivity (Wildman–Crippen MR) is 105 cm³/mol. The quantitative estimate of drug-likeness (QED) is 0.792. The number of rotatable bonds is 6. The van der Waals surface area contributed by atoms with Crippen LogP contribution in [0.1, 0.15) is 50.5 Å². The molecule has 0 spiro atoms. The molecule has 1 saturated heterocycles. The number of nitrogens with two attached hydrogens (primary N) is 1. The normalized spacial score (nSPS) is 20.0. The number of halogens is 1. The van der Waals surface area contributed by atoms with Crippen molar-refractivity contribution >= 4 is 18.3 Å². The number of carbonyl (C=O) groups is 1. The van der Waals surface area contributed by atoms with E-state index < -0.39 is 5.41 Å². The second-order valence-corrected chi connectivity index (χ2v) is 7.30. The first-order valence-electron chi connectivity index (χ1n) is 9.54. The molecule has 3 rings (SSSR count). The molecule has 0 bridgehead atoms. The molecule has 2 aliphatic rings. The van der Waals surface area contributed by atoms with E-state index in [1.165, 1.54) is 19.3 Å². The SMILES string of the molecule is Cl.NCC1(C(=O)NCc2ccc(OC3CCCCC3)cc2)CCOCC1. The molecule has 2 fully saturated rings. The van der Waals surface area contributed by atoms with E-state index >= 15 is 0 Å². The Labute approximate surface area is 162 Å². The second-order valence-electron chi connectivity index (χ2n) is 7.30. The molecule has 1 aromatic carbocycles. The summed E-state index contributed by atoms with van der Waals surface area (Å²) in [5.74, 6) is 0.964. The monoisotopic (exact) mass is 382 g/mol. The minimum Gasteiger partial charge on any atom is -0.490 e. The van der Waals surface area contributed by atoms with Gasteiger partial charge in [0, 0.05) is 26.3 Å². The molecule has 1 aliphatic carbocycles. The van der Waals surface area contributed by atoms with Crippen molar-refractivity contribution in [3.63, 3.8) is 0 Å². The number of nitrogens with one attached hydrogen (secondary N) is 1. The van der Waals surface area contributed by atoms with Crippen LogP contribution in [0.25, 0.3) is 0 Å². The number of hydrogen-bond acceptors (Lipinski definition) is 4. The summed E-state index contributed by atoms with van der Waals surface area (Å²) < 4.78 is 11.4. The van der Waals surface area contributed by atoms with Gasteiger partial charge in [0.2, 0.25) is 5.91 Å². The van der Waals surface area contributed by atoms with Crippen LogP contribution >= 0.6 is 12.4 Å². The maximum atomic E-state index is 12.6. The van der Waals surface area contributed by atoms with Gasteiger partial charge in [-0.2, -0.15) is 0 Å². The smallest absolute Gasteiger partial charge is 0.227 e. The van der Waals surface area contributed by atoms with E-state index in [4.69, 9.17) is 15.2 Å². The van der Waals surface area contributed by atoms with Crippen LogP contribution in [0.5, 0.6) is 5.75 Å². The fourth-order valence-corrected chi connectivity index (χ4v) is 3.72. The van der Waals surface area contributed by atoms with E-state index in [2.05, 4.69) is 5.32 Å². The Bertz CT molecular complexity index is 553. The zero-order valence-corrected chi connectivity index (χ0v) is 16.2. The molecule has 26 heavy (non-hydrogen) atoms. The van der Waals surface area contributed by atoms with Crippen LogP contribution in [0.2, 0.25) is 0 Å². The van der Waals surface area contributed by atoms with Gasteiger partial charge in [-0.3, -0.25) is 4.79 Å². The van der Waals surface area contributed by atoms with Crippen molar-refractivity contribution in [2.24, 2.45) is 11.1 Å². The highest BCUT2D eigenvalue weighted by atomic mass is 35.5. The summed E-state index contributed by atoms with van der Waals surface area (Å²) in [6.07, 6.45) is 7.93. The molecule has 0 unspecified atom stereocenters. The standard InChI is InChI=1S/C20H30N2O3.ClH/c21-15-20(10-12-24-13-11-20)19(23)22-14-16-6-8-18(9-7-16)25-17-4-2-1-3-5-17;/h6-9,17H,1-5,10-15,21H2,(H,22,23);1H. The number of amides is 1. The Balaban J connectivity index is 0.00000243. The molecule has 0 aromatic heterocycles. The fourth-order valence-electron chi connectivity index (χ4n) is 3.72. The maximum Gasteiger partial charge on any atom is 0.227 e. The maximum absolute atomic E-state index is 12.6. The summed E-state index contributed by atoms with van der Waals surface area (Å²) in [4.78, 5) is 12.6. The highest BCUT2D eigenvalue weighted by molar-refractivity contribution is 5.85. The van der Waals surface area contributed by atoms with E-state index in [0.29, 0.717) is 45.2 Å². The summed E-state index contributed by atoms with van der Waals surface area (Å²) in [6.45, 7) is 2.11. The number of ether oxygens (including phenoxy) is 2. The van der Waals surface area contributed by atoms with E-state index in [1.807, 2.05) is 24.3 Å². The Morgan fingerprint density at radius 1 is 1.15 bits per heavy atom. The van der Waals surface area contributed by atoms with Crippen LogP contribution in [0.4, 0.5) is 0 Å². The lowest BCUT2D eigenvalue weighted by Gasteiger charge is -2.34. The summed E-state index contributed by atoms with van der Waals surface area (Å²) in [7, 11) is 0. The number of benzene rings is 1. The van der Waals surface area contributed by atoms with E-state index in [0.717, 1.165) is 24.2 Å². The molecule has 146 valence electrons. The topological polar surface area (TPSA) is 73.6 Å². The van der Waals surface area contributed by atoms with Gasteiger partial charge in [0.05, 0.1) is 11.5 Å². The molecule has 1 saturated carbocycles. The molecular weight excluding hydrogens is 352 g/mol. The largest absolute Gasteiger partial charge is 0.490 e. The third-order valence-corrected chi connectivity index (χ3v) is 5.55. The Kier molecular flexibility index (Phi) is 8.19. The zero-order valence-electron chi connectivity index (χ0n) is 15.4. The molecule has 0 radical (unpaired) electrons. The molecule has 5 nitrogen and oxygen atoms in total. The van der Waals surface area contributed by atoms with Crippen LogP contribution in [0.3, 0.4) is 0 Å². The molecule has 3 N–H and O–H groups in total. The van der Waals surface area contributed by atoms with E-state index in [1.54, 1.807) is 0 Å². The van der Waals surface area contributed by atoms with Crippen LogP contribution < -0.4 is 15.8 Å². The highest BCUT2D eigenvalue weighted by Gasteiger charge is 2.38. The highest BCUT2D eigenvalue weighted by Crippen LogP contribution is 2.29. The summed E-state index contributed by atoms with van der Waals surface area (Å²) in [5.41, 5.74) is 6.49. The minimum atomic E-state index is -0.470. The summed E-state index contributed by atoms with van der Waals surface area (Å²) in [6, 6.07) is 8.06. The molecular formula is C20H31ClN2O3. The Morgan fingerprint density at radius 2 is 1.81 bits per heavy atom. The average molecular weight is 383 g/mol. The van der Waals surface area contributed by atoms with Crippen molar-refractivity contribution in [2.45, 2.75) is 57.6 Å². The third kappa shape index (κ3) is 5.35. The van der Waals surface area contributed by atoms with Gasteiger partial charge in [-0.1, -0.05) is 18.6 Å². The van der Waals surface area contributed by atoms with Crippen LogP contribution in [-0.2, 0) is 16.1 Å². The summed E-state index contributed by atoms with van der Waals surface area (Å²) in [5, 5.41) is 3.05. The van der Waals surface area contributed by atoms with Gasteiger partial charge in [0.25, 0.3) is 0 Å². The lowest BCUT2D eigenvalue weighted by atomic mass is 9.79. The number of carbonyl (C=O) groups excluding carboxylic acids is 1. The first kappa shape index (κ1) is 21.0. The fraction of sp³-hybridized carbons (Fsp3) is 0.650. The molecule has 1 aromatic rings. The first-order valence-corrected chi connectivity index (χ1v) is 9.54. The van der Waals surface area contributed by atoms with Crippen molar-refractivity contribution in [2.75, 3.05) is 19.8 Å². The Morgan fingerprint density at radius 3 is 2.42 bits per heavy atom. The zero-order chi connectivity index (χ0) is 17.5. The van der Waals surface area contributed by atoms with Gasteiger partial charge in [0.1, 0.15) is 5.75 Å². The van der Waals surface area contributed by atoms with Gasteiger partial charge >= 0.3 is 0 Å². The van der Waals surface area contributed by atoms with E-state index in [9.17, 15) is 4.79 Å². The average Bonchev–Trinajstić information content (AvgIpc) is 2.68. The minimum absolute atomic E-state index is 0. The van der Waals surface area contributed by atoms with Crippen LogP contribution in [0, 0.1) is 5.41 Å². The van der Waals surface area contributed by atoms with Crippen molar-refractivity contribution in [1.82, 2.24) is 5.32 Å². The first-order chi connectivity index (χ1) is 12.2. The van der Waals surface area contributed by atoms with Crippen molar-refractivity contribution in [3.8, 4) is 5.75 Å². The molecule has 1 aliphatic heterocycles. The predicted octanol–water partition coefficient (Wildman–Crippen LogP) is 3.19. The number of hydrogen-bond donors (Lipinski definition) is 2. The lowest BCUT2D eigenvalue weighted by molar-refractivity contribution is -0.136. The molecule has 0 atom stereocenters. The van der Waals surface area contributed by atoms with Gasteiger partial charge in [-0.05, 0) is 56.2 Å². The Hall–Kier alpha value is -1.30. The second kappa shape index (κ2) is 10.1. The van der Waals surface area contributed by atoms with Gasteiger partial charge in [-0.15, -0.1) is 12.4 Å². The van der Waals surface area contributed by atoms with Crippen molar-refractivity contribution in [3.05, 3.63) is 29.8 Å². The third-order valence-electron chi connectivity index (χ3n) is 5.55. The van der Waals surface area contributed by atoms with Crippen molar-refractivity contribution < 1.29 is 14.3 Å². The summed E-state index contributed by atoms with van der Waals surface area (Å²) >= 11 is 0. The van der Waals surface area contributed by atoms with Crippen LogP contribution in [0.15, 0.2) is 24.3 Å². The lowest BCUT2D eigenvalue weighted by Crippen LogP contribution is -2.48. The van der Waals surface area contributed by atoms with Crippen molar-refractivity contribution in [1.29, 1.82) is 0 Å².